The number of fused-ring (bicyclic) bond motifs is 1. The monoisotopic (exact) mass is 357 g/mol. The average molecular weight is 357 g/mol. The first kappa shape index (κ1) is 17.7. The molecule has 5 heteroatoms. The van der Waals surface area contributed by atoms with E-state index in [1.165, 1.54) is 23.3 Å². The molecule has 1 atom stereocenters. The first-order chi connectivity index (χ1) is 12.2. The zero-order valence-corrected chi connectivity index (χ0v) is 15.2. The summed E-state index contributed by atoms with van der Waals surface area (Å²) in [5, 5.41) is 2.67. The number of carbonyl (C=O) groups excluding carboxylic acids is 2. The standard InChI is InChI=1S/C20H23NO3S/c1-2-14-8-9-17-16(10-14)11-18(25-17)20(23)21-12-19(22)24-13-15-6-4-3-5-7-15/h3-7,11,14H,2,8-10,12-13H2,1H3,(H,21,23)/t14-/m1/s1. The molecule has 0 spiro atoms. The quantitative estimate of drug-likeness (QED) is 0.802. The molecule has 0 saturated carbocycles. The van der Waals surface area contributed by atoms with Crippen molar-refractivity contribution in [2.75, 3.05) is 6.54 Å². The Balaban J connectivity index is 1.48. The molecule has 0 bridgehead atoms. The van der Waals surface area contributed by atoms with Gasteiger partial charge in [-0.3, -0.25) is 9.59 Å². The second-order valence-corrected chi connectivity index (χ2v) is 7.54. The van der Waals surface area contributed by atoms with Crippen molar-refractivity contribution in [2.24, 2.45) is 5.92 Å². The number of benzene rings is 1. The predicted octanol–water partition coefficient (Wildman–Crippen LogP) is 3.74. The van der Waals surface area contributed by atoms with Gasteiger partial charge < -0.3 is 10.1 Å². The number of thiophene rings is 1. The van der Waals surface area contributed by atoms with Crippen LogP contribution < -0.4 is 5.32 Å². The molecular weight excluding hydrogens is 334 g/mol. The molecule has 1 aromatic carbocycles. The molecule has 1 heterocycles. The van der Waals surface area contributed by atoms with Gasteiger partial charge >= 0.3 is 5.97 Å². The molecule has 132 valence electrons. The van der Waals surface area contributed by atoms with Gasteiger partial charge in [-0.05, 0) is 42.4 Å². The SMILES string of the molecule is CC[C@@H]1CCc2sc(C(=O)NCC(=O)OCc3ccccc3)cc2C1. The number of carbonyl (C=O) groups is 2. The number of hydrogen-bond acceptors (Lipinski definition) is 4. The van der Waals surface area contributed by atoms with E-state index < -0.39 is 5.97 Å². The fraction of sp³-hybridized carbons (Fsp3) is 0.400. The van der Waals surface area contributed by atoms with Gasteiger partial charge in [0.1, 0.15) is 13.2 Å². The zero-order valence-electron chi connectivity index (χ0n) is 14.4. The number of ether oxygens (including phenoxy) is 1. The van der Waals surface area contributed by atoms with Crippen molar-refractivity contribution < 1.29 is 14.3 Å². The fourth-order valence-corrected chi connectivity index (χ4v) is 4.21. The molecule has 0 radical (unpaired) electrons. The predicted molar refractivity (Wildman–Crippen MR) is 98.7 cm³/mol. The van der Waals surface area contributed by atoms with Gasteiger partial charge in [0.15, 0.2) is 0 Å². The molecular formula is C20H23NO3S. The molecule has 1 aromatic heterocycles. The lowest BCUT2D eigenvalue weighted by molar-refractivity contribution is -0.143. The number of nitrogens with one attached hydrogen (secondary N) is 1. The largest absolute Gasteiger partial charge is 0.460 e. The first-order valence-corrected chi connectivity index (χ1v) is 9.56. The van der Waals surface area contributed by atoms with E-state index >= 15 is 0 Å². The van der Waals surface area contributed by atoms with Gasteiger partial charge in [-0.15, -0.1) is 11.3 Å². The van der Waals surface area contributed by atoms with Crippen LogP contribution in [-0.4, -0.2) is 18.4 Å². The van der Waals surface area contributed by atoms with Gasteiger partial charge in [-0.25, -0.2) is 0 Å². The molecule has 0 fully saturated rings. The van der Waals surface area contributed by atoms with Gasteiger partial charge in [-0.2, -0.15) is 0 Å². The molecule has 1 aliphatic rings. The molecule has 2 aromatic rings. The summed E-state index contributed by atoms with van der Waals surface area (Å²) in [7, 11) is 0. The Hall–Kier alpha value is -2.14. The van der Waals surface area contributed by atoms with Crippen molar-refractivity contribution >= 4 is 23.2 Å². The van der Waals surface area contributed by atoms with Crippen LogP contribution in [0.25, 0.3) is 0 Å². The van der Waals surface area contributed by atoms with Crippen LogP contribution in [0.1, 0.15) is 45.4 Å². The number of rotatable bonds is 6. The molecule has 0 saturated heterocycles. The minimum atomic E-state index is -0.426. The molecule has 1 amide bonds. The van der Waals surface area contributed by atoms with Crippen molar-refractivity contribution in [1.82, 2.24) is 5.32 Å². The van der Waals surface area contributed by atoms with Gasteiger partial charge in [-0.1, -0.05) is 43.7 Å². The molecule has 3 rings (SSSR count). The Kier molecular flexibility index (Phi) is 5.87. The lowest BCUT2D eigenvalue weighted by Crippen LogP contribution is -2.30. The normalized spacial score (nSPS) is 16.1. The number of amides is 1. The molecule has 0 aliphatic heterocycles. The number of hydrogen-bond donors (Lipinski definition) is 1. The van der Waals surface area contributed by atoms with E-state index in [1.807, 2.05) is 36.4 Å². The van der Waals surface area contributed by atoms with Gasteiger partial charge in [0.25, 0.3) is 5.91 Å². The van der Waals surface area contributed by atoms with Crippen molar-refractivity contribution in [3.63, 3.8) is 0 Å². The second kappa shape index (κ2) is 8.30. The lowest BCUT2D eigenvalue weighted by atomic mass is 9.87. The van der Waals surface area contributed by atoms with Crippen LogP contribution in [0.3, 0.4) is 0 Å². The summed E-state index contributed by atoms with van der Waals surface area (Å²) in [6.45, 7) is 2.34. The van der Waals surface area contributed by atoms with E-state index in [1.54, 1.807) is 11.3 Å². The Labute approximate surface area is 152 Å². The van der Waals surface area contributed by atoms with Gasteiger partial charge in [0.05, 0.1) is 4.88 Å². The number of esters is 1. The molecule has 25 heavy (non-hydrogen) atoms. The third kappa shape index (κ3) is 4.69. The van der Waals surface area contributed by atoms with Crippen LogP contribution >= 0.6 is 11.3 Å². The molecule has 1 aliphatic carbocycles. The van der Waals surface area contributed by atoms with Crippen molar-refractivity contribution in [3.8, 4) is 0 Å². The summed E-state index contributed by atoms with van der Waals surface area (Å²) in [5.74, 6) is 0.111. The Morgan fingerprint density at radius 3 is 2.84 bits per heavy atom. The topological polar surface area (TPSA) is 55.4 Å². The minimum Gasteiger partial charge on any atom is -0.460 e. The van der Waals surface area contributed by atoms with E-state index in [9.17, 15) is 9.59 Å². The zero-order chi connectivity index (χ0) is 17.6. The maximum Gasteiger partial charge on any atom is 0.325 e. The van der Waals surface area contributed by atoms with Crippen LogP contribution in [0, 0.1) is 5.92 Å². The summed E-state index contributed by atoms with van der Waals surface area (Å²) in [6.07, 6.45) is 4.51. The Morgan fingerprint density at radius 1 is 1.28 bits per heavy atom. The average Bonchev–Trinajstić information content (AvgIpc) is 3.08. The summed E-state index contributed by atoms with van der Waals surface area (Å²) in [5.41, 5.74) is 2.23. The van der Waals surface area contributed by atoms with Gasteiger partial charge in [0, 0.05) is 4.88 Å². The highest BCUT2D eigenvalue weighted by atomic mass is 32.1. The van der Waals surface area contributed by atoms with E-state index in [2.05, 4.69) is 12.2 Å². The smallest absolute Gasteiger partial charge is 0.325 e. The van der Waals surface area contributed by atoms with Crippen LogP contribution in [-0.2, 0) is 29.0 Å². The summed E-state index contributed by atoms with van der Waals surface area (Å²) >= 11 is 1.55. The second-order valence-electron chi connectivity index (χ2n) is 6.41. The third-order valence-electron chi connectivity index (χ3n) is 4.62. The molecule has 4 nitrogen and oxygen atoms in total. The minimum absolute atomic E-state index is 0.105. The highest BCUT2D eigenvalue weighted by Crippen LogP contribution is 2.33. The third-order valence-corrected chi connectivity index (χ3v) is 5.86. The van der Waals surface area contributed by atoms with Crippen LogP contribution in [0.5, 0.6) is 0 Å². The van der Waals surface area contributed by atoms with Crippen LogP contribution in [0.4, 0.5) is 0 Å². The summed E-state index contributed by atoms with van der Waals surface area (Å²) in [4.78, 5) is 26.1. The first-order valence-electron chi connectivity index (χ1n) is 8.75. The van der Waals surface area contributed by atoms with Gasteiger partial charge in [0.2, 0.25) is 0 Å². The highest BCUT2D eigenvalue weighted by molar-refractivity contribution is 7.14. The Bertz CT molecular complexity index is 739. The van der Waals surface area contributed by atoms with Crippen molar-refractivity contribution in [1.29, 1.82) is 0 Å². The summed E-state index contributed by atoms with van der Waals surface area (Å²) in [6, 6.07) is 11.5. The molecule has 1 N–H and O–H groups in total. The highest BCUT2D eigenvalue weighted by Gasteiger charge is 2.22. The van der Waals surface area contributed by atoms with E-state index in [0.29, 0.717) is 4.88 Å². The number of aryl methyl sites for hydroxylation is 1. The van der Waals surface area contributed by atoms with Crippen LogP contribution in [0.2, 0.25) is 0 Å². The van der Waals surface area contributed by atoms with E-state index in [0.717, 1.165) is 24.3 Å². The maximum atomic E-state index is 12.3. The fourth-order valence-electron chi connectivity index (χ4n) is 3.09. The van der Waals surface area contributed by atoms with Crippen LogP contribution in [0.15, 0.2) is 36.4 Å². The van der Waals surface area contributed by atoms with Crippen molar-refractivity contribution in [3.05, 3.63) is 57.3 Å². The van der Waals surface area contributed by atoms with E-state index in [4.69, 9.17) is 4.74 Å². The molecule has 0 unspecified atom stereocenters. The maximum absolute atomic E-state index is 12.3. The summed E-state index contributed by atoms with van der Waals surface area (Å²) < 4.78 is 5.17. The lowest BCUT2D eigenvalue weighted by Gasteiger charge is -2.19. The Morgan fingerprint density at radius 2 is 2.08 bits per heavy atom. The van der Waals surface area contributed by atoms with E-state index in [-0.39, 0.29) is 19.1 Å². The van der Waals surface area contributed by atoms with Crippen molar-refractivity contribution in [2.45, 2.75) is 39.2 Å².